The van der Waals surface area contributed by atoms with Gasteiger partial charge in [-0.2, -0.15) is 0 Å². The first-order chi connectivity index (χ1) is 6.63. The second-order valence-electron chi connectivity index (χ2n) is 3.30. The maximum absolute atomic E-state index is 9.63. The summed E-state index contributed by atoms with van der Waals surface area (Å²) in [7, 11) is 1.64. The second-order valence-corrected chi connectivity index (χ2v) is 4.74. The standard InChI is InChI=1S/C11H15BrO2/c1-8(12)11(13)7-9-3-5-10(14-2)6-4-9/h3-6,8,11,13H,7H2,1-2H3. The zero-order valence-electron chi connectivity index (χ0n) is 8.40. The van der Waals surface area contributed by atoms with Crippen LogP contribution in [0.15, 0.2) is 24.3 Å². The van der Waals surface area contributed by atoms with E-state index in [1.54, 1.807) is 7.11 Å². The average Bonchev–Trinajstić information content (AvgIpc) is 2.19. The van der Waals surface area contributed by atoms with Crippen molar-refractivity contribution in [2.24, 2.45) is 0 Å². The van der Waals surface area contributed by atoms with Gasteiger partial charge in [0.05, 0.1) is 13.2 Å². The summed E-state index contributed by atoms with van der Waals surface area (Å²) in [5.41, 5.74) is 1.12. The van der Waals surface area contributed by atoms with Crippen LogP contribution >= 0.6 is 15.9 Å². The van der Waals surface area contributed by atoms with E-state index in [2.05, 4.69) is 15.9 Å². The zero-order chi connectivity index (χ0) is 10.6. The van der Waals surface area contributed by atoms with Crippen molar-refractivity contribution < 1.29 is 9.84 Å². The van der Waals surface area contributed by atoms with Crippen molar-refractivity contribution in [2.45, 2.75) is 24.3 Å². The van der Waals surface area contributed by atoms with Crippen molar-refractivity contribution in [3.63, 3.8) is 0 Å². The van der Waals surface area contributed by atoms with Gasteiger partial charge in [-0.15, -0.1) is 0 Å². The van der Waals surface area contributed by atoms with Crippen LogP contribution in [0.4, 0.5) is 0 Å². The average molecular weight is 259 g/mol. The van der Waals surface area contributed by atoms with Crippen LogP contribution in [0.25, 0.3) is 0 Å². The van der Waals surface area contributed by atoms with Crippen molar-refractivity contribution >= 4 is 15.9 Å². The molecule has 0 aromatic heterocycles. The number of aliphatic hydroxyl groups is 1. The molecule has 78 valence electrons. The van der Waals surface area contributed by atoms with Crippen molar-refractivity contribution in [1.29, 1.82) is 0 Å². The first-order valence-corrected chi connectivity index (χ1v) is 5.50. The Morgan fingerprint density at radius 2 is 1.93 bits per heavy atom. The Labute approximate surface area is 93.0 Å². The van der Waals surface area contributed by atoms with Crippen LogP contribution in [0.1, 0.15) is 12.5 Å². The van der Waals surface area contributed by atoms with Crippen molar-refractivity contribution in [3.05, 3.63) is 29.8 Å². The molecule has 1 aromatic rings. The number of ether oxygens (including phenoxy) is 1. The van der Waals surface area contributed by atoms with E-state index in [4.69, 9.17) is 4.74 Å². The fourth-order valence-electron chi connectivity index (χ4n) is 1.17. The van der Waals surface area contributed by atoms with Gasteiger partial charge >= 0.3 is 0 Å². The highest BCUT2D eigenvalue weighted by molar-refractivity contribution is 9.09. The summed E-state index contributed by atoms with van der Waals surface area (Å²) in [5, 5.41) is 9.63. The molecule has 0 saturated carbocycles. The van der Waals surface area contributed by atoms with E-state index in [9.17, 15) is 5.11 Å². The Hall–Kier alpha value is -0.540. The molecule has 1 rings (SSSR count). The summed E-state index contributed by atoms with van der Waals surface area (Å²) < 4.78 is 5.05. The number of aliphatic hydroxyl groups excluding tert-OH is 1. The molecule has 0 saturated heterocycles. The third-order valence-corrected chi connectivity index (χ3v) is 2.74. The minimum atomic E-state index is -0.344. The number of halogens is 1. The van der Waals surface area contributed by atoms with Gasteiger partial charge in [-0.1, -0.05) is 35.0 Å². The van der Waals surface area contributed by atoms with Gasteiger partial charge < -0.3 is 9.84 Å². The number of alkyl halides is 1. The van der Waals surface area contributed by atoms with Gasteiger partial charge in [-0.25, -0.2) is 0 Å². The highest BCUT2D eigenvalue weighted by atomic mass is 79.9. The van der Waals surface area contributed by atoms with Crippen LogP contribution in [-0.4, -0.2) is 23.1 Å². The molecule has 0 aliphatic heterocycles. The largest absolute Gasteiger partial charge is 0.497 e. The maximum atomic E-state index is 9.63. The molecule has 0 heterocycles. The minimum absolute atomic E-state index is 0.115. The molecule has 0 radical (unpaired) electrons. The van der Waals surface area contributed by atoms with Crippen LogP contribution in [0.2, 0.25) is 0 Å². The van der Waals surface area contributed by atoms with Crippen molar-refractivity contribution in [2.75, 3.05) is 7.11 Å². The number of hydrogen-bond acceptors (Lipinski definition) is 2. The van der Waals surface area contributed by atoms with Gasteiger partial charge in [0.2, 0.25) is 0 Å². The van der Waals surface area contributed by atoms with Crippen LogP contribution in [0, 0.1) is 0 Å². The van der Waals surface area contributed by atoms with E-state index in [1.807, 2.05) is 31.2 Å². The summed E-state index contributed by atoms with van der Waals surface area (Å²) in [6.07, 6.45) is 0.319. The van der Waals surface area contributed by atoms with Gasteiger partial charge in [0.1, 0.15) is 5.75 Å². The van der Waals surface area contributed by atoms with Gasteiger partial charge in [0.25, 0.3) is 0 Å². The predicted octanol–water partition coefficient (Wildman–Crippen LogP) is 2.38. The molecule has 2 nitrogen and oxygen atoms in total. The molecule has 0 aliphatic carbocycles. The van der Waals surface area contributed by atoms with E-state index < -0.39 is 0 Å². The normalized spacial score (nSPS) is 14.9. The molecular weight excluding hydrogens is 244 g/mol. The fraction of sp³-hybridized carbons (Fsp3) is 0.455. The quantitative estimate of drug-likeness (QED) is 0.841. The Bertz CT molecular complexity index is 269. The Balaban J connectivity index is 2.59. The van der Waals surface area contributed by atoms with E-state index in [1.165, 1.54) is 0 Å². The van der Waals surface area contributed by atoms with E-state index in [0.29, 0.717) is 6.42 Å². The molecule has 0 aliphatic rings. The lowest BCUT2D eigenvalue weighted by atomic mass is 10.1. The fourth-order valence-corrected chi connectivity index (χ4v) is 1.35. The van der Waals surface area contributed by atoms with Crippen LogP contribution in [-0.2, 0) is 6.42 Å². The molecule has 0 fully saturated rings. The lowest BCUT2D eigenvalue weighted by molar-refractivity contribution is 0.178. The van der Waals surface area contributed by atoms with Crippen molar-refractivity contribution in [3.8, 4) is 5.75 Å². The topological polar surface area (TPSA) is 29.5 Å². The molecule has 0 spiro atoms. The highest BCUT2D eigenvalue weighted by Gasteiger charge is 2.10. The van der Waals surface area contributed by atoms with Gasteiger partial charge in [-0.3, -0.25) is 0 Å². The molecule has 1 aromatic carbocycles. The summed E-state index contributed by atoms with van der Waals surface area (Å²) in [6.45, 7) is 1.94. The third kappa shape index (κ3) is 3.31. The SMILES string of the molecule is COc1ccc(CC(O)C(C)Br)cc1. The molecule has 2 atom stereocenters. The number of methoxy groups -OCH3 is 1. The van der Waals surface area contributed by atoms with Crippen LogP contribution < -0.4 is 4.74 Å². The first-order valence-electron chi connectivity index (χ1n) is 4.58. The Morgan fingerprint density at radius 3 is 2.36 bits per heavy atom. The zero-order valence-corrected chi connectivity index (χ0v) is 9.99. The van der Waals surface area contributed by atoms with Crippen molar-refractivity contribution in [1.82, 2.24) is 0 Å². The molecular formula is C11H15BrO2. The summed E-state index contributed by atoms with van der Waals surface area (Å²) in [6, 6.07) is 7.75. The van der Waals surface area contributed by atoms with Gasteiger partial charge in [0.15, 0.2) is 0 Å². The summed E-state index contributed by atoms with van der Waals surface area (Å²) in [5.74, 6) is 0.843. The highest BCUT2D eigenvalue weighted by Crippen LogP contribution is 2.15. The molecule has 14 heavy (non-hydrogen) atoms. The Morgan fingerprint density at radius 1 is 1.36 bits per heavy atom. The van der Waals surface area contributed by atoms with Gasteiger partial charge in [-0.05, 0) is 24.1 Å². The van der Waals surface area contributed by atoms with E-state index >= 15 is 0 Å². The lowest BCUT2D eigenvalue weighted by Crippen LogP contribution is -2.19. The third-order valence-electron chi connectivity index (χ3n) is 2.13. The molecule has 2 unspecified atom stereocenters. The number of rotatable bonds is 4. The first kappa shape index (κ1) is 11.5. The molecule has 1 N–H and O–H groups in total. The summed E-state index contributed by atoms with van der Waals surface area (Å²) >= 11 is 3.35. The second kappa shape index (κ2) is 5.37. The minimum Gasteiger partial charge on any atom is -0.497 e. The van der Waals surface area contributed by atoms with Crippen LogP contribution in [0.3, 0.4) is 0 Å². The molecule has 0 bridgehead atoms. The van der Waals surface area contributed by atoms with Crippen LogP contribution in [0.5, 0.6) is 5.75 Å². The smallest absolute Gasteiger partial charge is 0.118 e. The lowest BCUT2D eigenvalue weighted by Gasteiger charge is -2.12. The van der Waals surface area contributed by atoms with Gasteiger partial charge in [0, 0.05) is 4.83 Å². The van der Waals surface area contributed by atoms with E-state index in [0.717, 1.165) is 11.3 Å². The predicted molar refractivity (Wildman–Crippen MR) is 61.1 cm³/mol. The number of benzene rings is 1. The summed E-state index contributed by atoms with van der Waals surface area (Å²) in [4.78, 5) is 0.115. The Kier molecular flexibility index (Phi) is 4.42. The monoisotopic (exact) mass is 258 g/mol. The number of hydrogen-bond donors (Lipinski definition) is 1. The molecule has 3 heteroatoms. The molecule has 0 amide bonds. The van der Waals surface area contributed by atoms with E-state index in [-0.39, 0.29) is 10.9 Å². The maximum Gasteiger partial charge on any atom is 0.118 e.